The predicted molar refractivity (Wildman–Crippen MR) is 70.1 cm³/mol. The Bertz CT molecular complexity index is 338. The van der Waals surface area contributed by atoms with E-state index >= 15 is 0 Å². The molecule has 0 saturated heterocycles. The summed E-state index contributed by atoms with van der Waals surface area (Å²) < 4.78 is 0. The highest BCUT2D eigenvalue weighted by molar-refractivity contribution is 5.85. The van der Waals surface area contributed by atoms with E-state index in [0.29, 0.717) is 12.8 Å². The molecule has 0 aromatic carbocycles. The van der Waals surface area contributed by atoms with Crippen LogP contribution in [0, 0.1) is 11.8 Å². The fourth-order valence-electron chi connectivity index (χ4n) is 2.45. The van der Waals surface area contributed by atoms with Gasteiger partial charge in [0.1, 0.15) is 0 Å². The van der Waals surface area contributed by atoms with Crippen LogP contribution in [0.5, 0.6) is 0 Å². The number of hydrogen-bond donors (Lipinski definition) is 1. The van der Waals surface area contributed by atoms with E-state index in [-0.39, 0.29) is 11.9 Å². The van der Waals surface area contributed by atoms with Crippen molar-refractivity contribution < 1.29 is 14.7 Å². The monoisotopic (exact) mass is 253 g/mol. The second kappa shape index (κ2) is 6.57. The highest BCUT2D eigenvalue weighted by Crippen LogP contribution is 2.28. The topological polar surface area (TPSA) is 57.6 Å². The van der Waals surface area contributed by atoms with Gasteiger partial charge in [0.15, 0.2) is 0 Å². The number of aliphatic carboxylic acids is 1. The van der Waals surface area contributed by atoms with E-state index in [1.165, 1.54) is 0 Å². The Balaban J connectivity index is 2.75. The van der Waals surface area contributed by atoms with E-state index < -0.39 is 17.8 Å². The Morgan fingerprint density at radius 1 is 1.33 bits per heavy atom. The van der Waals surface area contributed by atoms with E-state index in [9.17, 15) is 14.7 Å². The van der Waals surface area contributed by atoms with E-state index in [0.717, 1.165) is 12.8 Å². The predicted octanol–water partition coefficient (Wildman–Crippen LogP) is 2.30. The van der Waals surface area contributed by atoms with Gasteiger partial charge in [0.05, 0.1) is 11.8 Å². The second-order valence-corrected chi connectivity index (χ2v) is 5.08. The van der Waals surface area contributed by atoms with Crippen molar-refractivity contribution in [3.63, 3.8) is 0 Å². The number of hydrogen-bond acceptors (Lipinski definition) is 2. The number of amides is 1. The number of carboxylic acid groups (broad SMARTS) is 1. The third kappa shape index (κ3) is 3.34. The lowest BCUT2D eigenvalue weighted by molar-refractivity contribution is -0.150. The van der Waals surface area contributed by atoms with Crippen molar-refractivity contribution in [1.82, 2.24) is 4.90 Å². The van der Waals surface area contributed by atoms with Crippen LogP contribution in [0.4, 0.5) is 0 Å². The van der Waals surface area contributed by atoms with Crippen LogP contribution < -0.4 is 0 Å². The quantitative estimate of drug-likeness (QED) is 0.765. The highest BCUT2D eigenvalue weighted by atomic mass is 16.4. The van der Waals surface area contributed by atoms with Crippen LogP contribution in [-0.2, 0) is 9.59 Å². The van der Waals surface area contributed by atoms with Gasteiger partial charge in [-0.3, -0.25) is 9.59 Å². The van der Waals surface area contributed by atoms with Gasteiger partial charge in [-0.1, -0.05) is 25.5 Å². The number of nitrogens with zero attached hydrogens (tertiary/aromatic N) is 1. The molecule has 0 aliphatic heterocycles. The first kappa shape index (κ1) is 14.7. The summed E-state index contributed by atoms with van der Waals surface area (Å²) in [6.45, 7) is 4.09. The minimum atomic E-state index is -0.866. The van der Waals surface area contributed by atoms with Gasteiger partial charge < -0.3 is 10.0 Å². The van der Waals surface area contributed by atoms with Crippen molar-refractivity contribution in [2.45, 2.75) is 45.6 Å². The van der Waals surface area contributed by atoms with Crippen molar-refractivity contribution >= 4 is 11.9 Å². The van der Waals surface area contributed by atoms with Gasteiger partial charge in [0.2, 0.25) is 5.91 Å². The van der Waals surface area contributed by atoms with Gasteiger partial charge in [-0.05, 0) is 26.2 Å². The summed E-state index contributed by atoms with van der Waals surface area (Å²) in [5.74, 6) is -1.88. The summed E-state index contributed by atoms with van der Waals surface area (Å²) in [7, 11) is 1.78. The van der Waals surface area contributed by atoms with Crippen molar-refractivity contribution in [2.24, 2.45) is 11.8 Å². The number of allylic oxidation sites excluding steroid dienone is 2. The number of rotatable bonds is 5. The smallest absolute Gasteiger partial charge is 0.307 e. The zero-order valence-electron chi connectivity index (χ0n) is 11.4. The lowest BCUT2D eigenvalue weighted by Gasteiger charge is -2.32. The molecule has 0 bridgehead atoms. The zero-order chi connectivity index (χ0) is 13.7. The average molecular weight is 253 g/mol. The second-order valence-electron chi connectivity index (χ2n) is 5.08. The zero-order valence-corrected chi connectivity index (χ0v) is 11.4. The molecular weight excluding hydrogens is 230 g/mol. The number of carbonyl (C=O) groups is 2. The van der Waals surface area contributed by atoms with Gasteiger partial charge in [0.25, 0.3) is 0 Å². The highest BCUT2D eigenvalue weighted by Gasteiger charge is 2.36. The Morgan fingerprint density at radius 2 is 1.89 bits per heavy atom. The Morgan fingerprint density at radius 3 is 2.39 bits per heavy atom. The van der Waals surface area contributed by atoms with Crippen molar-refractivity contribution in [3.05, 3.63) is 12.2 Å². The first-order chi connectivity index (χ1) is 8.49. The maximum absolute atomic E-state index is 12.4. The van der Waals surface area contributed by atoms with Crippen LogP contribution in [0.1, 0.15) is 39.5 Å². The normalized spacial score (nSPS) is 24.6. The summed E-state index contributed by atoms with van der Waals surface area (Å²) >= 11 is 0. The Labute approximate surface area is 109 Å². The SMILES string of the molecule is CCCC(C)N(C)C(=O)C1CC=CCC1C(=O)O. The third-order valence-electron chi connectivity index (χ3n) is 3.78. The molecule has 4 heteroatoms. The van der Waals surface area contributed by atoms with Gasteiger partial charge in [-0.15, -0.1) is 0 Å². The van der Waals surface area contributed by atoms with Crippen LogP contribution in [0.25, 0.3) is 0 Å². The van der Waals surface area contributed by atoms with Crippen LogP contribution >= 0.6 is 0 Å². The van der Waals surface area contributed by atoms with Crippen LogP contribution in [-0.4, -0.2) is 35.0 Å². The van der Waals surface area contributed by atoms with E-state index in [1.807, 2.05) is 19.1 Å². The fourth-order valence-corrected chi connectivity index (χ4v) is 2.45. The molecule has 1 N–H and O–H groups in total. The average Bonchev–Trinajstić information content (AvgIpc) is 2.37. The maximum atomic E-state index is 12.4. The van der Waals surface area contributed by atoms with Gasteiger partial charge in [-0.25, -0.2) is 0 Å². The molecule has 3 unspecified atom stereocenters. The first-order valence-electron chi connectivity index (χ1n) is 6.63. The van der Waals surface area contributed by atoms with Crippen molar-refractivity contribution in [1.29, 1.82) is 0 Å². The van der Waals surface area contributed by atoms with E-state index in [1.54, 1.807) is 11.9 Å². The summed E-state index contributed by atoms with van der Waals surface area (Å²) in [5, 5.41) is 9.18. The molecule has 0 aromatic rings. The maximum Gasteiger partial charge on any atom is 0.307 e. The molecule has 1 amide bonds. The molecule has 0 heterocycles. The molecule has 18 heavy (non-hydrogen) atoms. The van der Waals surface area contributed by atoms with Crippen LogP contribution in [0.3, 0.4) is 0 Å². The van der Waals surface area contributed by atoms with Crippen molar-refractivity contribution in [3.8, 4) is 0 Å². The summed E-state index contributed by atoms with van der Waals surface area (Å²) in [5.41, 5.74) is 0. The lowest BCUT2D eigenvalue weighted by atomic mass is 9.82. The van der Waals surface area contributed by atoms with E-state index in [2.05, 4.69) is 6.92 Å². The molecular formula is C14H23NO3. The molecule has 0 fully saturated rings. The largest absolute Gasteiger partial charge is 0.481 e. The minimum Gasteiger partial charge on any atom is -0.481 e. The number of carboxylic acids is 1. The minimum absolute atomic E-state index is 0.0345. The molecule has 0 spiro atoms. The summed E-state index contributed by atoms with van der Waals surface area (Å²) in [6, 6.07) is 0.169. The molecule has 1 aliphatic carbocycles. The van der Waals surface area contributed by atoms with Gasteiger partial charge in [0, 0.05) is 13.1 Å². The van der Waals surface area contributed by atoms with Crippen LogP contribution in [0.2, 0.25) is 0 Å². The van der Waals surface area contributed by atoms with Crippen LogP contribution in [0.15, 0.2) is 12.2 Å². The molecule has 0 aromatic heterocycles. The van der Waals surface area contributed by atoms with Crippen molar-refractivity contribution in [2.75, 3.05) is 7.05 Å². The van der Waals surface area contributed by atoms with Gasteiger partial charge >= 0.3 is 5.97 Å². The third-order valence-corrected chi connectivity index (χ3v) is 3.78. The molecule has 0 radical (unpaired) electrons. The number of carbonyl (C=O) groups excluding carboxylic acids is 1. The Kier molecular flexibility index (Phi) is 5.38. The summed E-state index contributed by atoms with van der Waals surface area (Å²) in [4.78, 5) is 25.3. The molecule has 1 aliphatic rings. The Hall–Kier alpha value is -1.32. The molecule has 3 atom stereocenters. The first-order valence-corrected chi connectivity index (χ1v) is 6.63. The molecule has 1 rings (SSSR count). The fraction of sp³-hybridized carbons (Fsp3) is 0.714. The lowest BCUT2D eigenvalue weighted by Crippen LogP contribution is -2.43. The van der Waals surface area contributed by atoms with E-state index in [4.69, 9.17) is 0 Å². The molecule has 102 valence electrons. The molecule has 4 nitrogen and oxygen atoms in total. The standard InChI is InChI=1S/C14H23NO3/c1-4-7-10(2)15(3)13(16)11-8-5-6-9-12(11)14(17)18/h5-6,10-12H,4,7-9H2,1-3H3,(H,17,18). The molecule has 0 saturated carbocycles. The summed E-state index contributed by atoms with van der Waals surface area (Å²) in [6.07, 6.45) is 6.74. The van der Waals surface area contributed by atoms with Gasteiger partial charge in [-0.2, -0.15) is 0 Å².